The lowest BCUT2D eigenvalue weighted by Gasteiger charge is -2.32. The smallest absolute Gasteiger partial charge is 0.230 e. The number of carbonyl (C=O) groups is 1. The normalized spacial score (nSPS) is 17.4. The standard InChI is InChI=1S/C17H21N3O/c1-17(10-3-2-4-11-17)16(21)19-14-7-5-13(6-8-14)15-9-12-18-20-15/h5-9,12H,2-4,10-11H2,1H3,(H,18,20)(H,19,21). The number of anilines is 1. The molecule has 21 heavy (non-hydrogen) atoms. The Morgan fingerprint density at radius 1 is 1.14 bits per heavy atom. The van der Waals surface area contributed by atoms with Gasteiger partial charge in [-0.15, -0.1) is 0 Å². The molecule has 0 saturated heterocycles. The van der Waals surface area contributed by atoms with Gasteiger partial charge in [-0.2, -0.15) is 5.10 Å². The van der Waals surface area contributed by atoms with Crippen LogP contribution in [0.15, 0.2) is 36.5 Å². The molecule has 1 aromatic carbocycles. The molecule has 0 aliphatic heterocycles. The molecule has 1 heterocycles. The molecule has 1 fully saturated rings. The van der Waals surface area contributed by atoms with Gasteiger partial charge in [-0.1, -0.05) is 38.3 Å². The van der Waals surface area contributed by atoms with Crippen LogP contribution in [-0.4, -0.2) is 16.1 Å². The fourth-order valence-corrected chi connectivity index (χ4v) is 2.99. The van der Waals surface area contributed by atoms with Crippen molar-refractivity contribution in [1.82, 2.24) is 10.2 Å². The molecular weight excluding hydrogens is 262 g/mol. The summed E-state index contributed by atoms with van der Waals surface area (Å²) >= 11 is 0. The van der Waals surface area contributed by atoms with E-state index in [2.05, 4.69) is 22.4 Å². The van der Waals surface area contributed by atoms with Gasteiger partial charge < -0.3 is 5.32 Å². The third kappa shape index (κ3) is 2.99. The second kappa shape index (κ2) is 5.72. The third-order valence-electron chi connectivity index (χ3n) is 4.46. The molecule has 1 aromatic heterocycles. The molecule has 2 aromatic rings. The molecule has 1 amide bonds. The van der Waals surface area contributed by atoms with E-state index < -0.39 is 0 Å². The summed E-state index contributed by atoms with van der Waals surface area (Å²) in [5, 5.41) is 9.94. The first kappa shape index (κ1) is 13.9. The molecule has 1 aliphatic rings. The molecule has 0 bridgehead atoms. The number of rotatable bonds is 3. The Hall–Kier alpha value is -2.10. The van der Waals surface area contributed by atoms with Crippen LogP contribution in [0, 0.1) is 5.41 Å². The van der Waals surface area contributed by atoms with Crippen molar-refractivity contribution >= 4 is 11.6 Å². The van der Waals surface area contributed by atoms with E-state index in [4.69, 9.17) is 0 Å². The lowest BCUT2D eigenvalue weighted by Crippen LogP contribution is -2.35. The lowest BCUT2D eigenvalue weighted by molar-refractivity contribution is -0.126. The minimum atomic E-state index is -0.208. The van der Waals surface area contributed by atoms with E-state index in [0.29, 0.717) is 0 Å². The summed E-state index contributed by atoms with van der Waals surface area (Å²) in [6, 6.07) is 9.80. The van der Waals surface area contributed by atoms with E-state index in [0.717, 1.165) is 42.6 Å². The van der Waals surface area contributed by atoms with Gasteiger partial charge in [0, 0.05) is 17.3 Å². The molecule has 0 spiro atoms. The van der Waals surface area contributed by atoms with E-state index in [1.807, 2.05) is 30.3 Å². The van der Waals surface area contributed by atoms with Crippen molar-refractivity contribution in [2.75, 3.05) is 5.32 Å². The van der Waals surface area contributed by atoms with E-state index in [1.165, 1.54) is 6.42 Å². The third-order valence-corrected chi connectivity index (χ3v) is 4.46. The number of nitrogens with one attached hydrogen (secondary N) is 2. The Bertz CT molecular complexity index is 595. The summed E-state index contributed by atoms with van der Waals surface area (Å²) in [7, 11) is 0. The predicted molar refractivity (Wildman–Crippen MR) is 83.8 cm³/mol. The van der Waals surface area contributed by atoms with Crippen molar-refractivity contribution in [3.63, 3.8) is 0 Å². The maximum atomic E-state index is 12.5. The van der Waals surface area contributed by atoms with Crippen LogP contribution in [0.1, 0.15) is 39.0 Å². The van der Waals surface area contributed by atoms with Gasteiger partial charge in [0.05, 0.1) is 5.69 Å². The summed E-state index contributed by atoms with van der Waals surface area (Å²) in [5.41, 5.74) is 2.69. The fourth-order valence-electron chi connectivity index (χ4n) is 2.99. The minimum absolute atomic E-state index is 0.150. The first-order valence-corrected chi connectivity index (χ1v) is 7.59. The van der Waals surface area contributed by atoms with Crippen molar-refractivity contribution in [2.24, 2.45) is 5.41 Å². The van der Waals surface area contributed by atoms with Crippen molar-refractivity contribution in [3.8, 4) is 11.3 Å². The average molecular weight is 283 g/mol. The van der Waals surface area contributed by atoms with Crippen LogP contribution in [0.4, 0.5) is 5.69 Å². The van der Waals surface area contributed by atoms with Crippen molar-refractivity contribution < 1.29 is 4.79 Å². The molecule has 110 valence electrons. The first-order valence-electron chi connectivity index (χ1n) is 7.59. The number of carbonyl (C=O) groups excluding carboxylic acids is 1. The van der Waals surface area contributed by atoms with Crippen LogP contribution in [-0.2, 0) is 4.79 Å². The highest BCUT2D eigenvalue weighted by molar-refractivity contribution is 5.95. The van der Waals surface area contributed by atoms with Crippen molar-refractivity contribution in [1.29, 1.82) is 0 Å². The van der Waals surface area contributed by atoms with Crippen LogP contribution in [0.5, 0.6) is 0 Å². The summed E-state index contributed by atoms with van der Waals surface area (Å²) in [6.07, 6.45) is 7.28. The summed E-state index contributed by atoms with van der Waals surface area (Å²) in [6.45, 7) is 2.08. The number of aromatic nitrogens is 2. The quantitative estimate of drug-likeness (QED) is 0.895. The fraction of sp³-hybridized carbons (Fsp3) is 0.412. The zero-order chi connectivity index (χ0) is 14.7. The maximum absolute atomic E-state index is 12.5. The molecule has 4 heteroatoms. The predicted octanol–water partition coefficient (Wildman–Crippen LogP) is 3.99. The van der Waals surface area contributed by atoms with Crippen LogP contribution < -0.4 is 5.32 Å². The van der Waals surface area contributed by atoms with E-state index in [-0.39, 0.29) is 11.3 Å². The molecule has 0 atom stereocenters. The van der Waals surface area contributed by atoms with Crippen LogP contribution in [0.25, 0.3) is 11.3 Å². The molecule has 1 saturated carbocycles. The zero-order valence-corrected chi connectivity index (χ0v) is 12.4. The average Bonchev–Trinajstić information content (AvgIpc) is 3.03. The molecule has 0 radical (unpaired) electrons. The topological polar surface area (TPSA) is 57.8 Å². The van der Waals surface area contributed by atoms with E-state index in [1.54, 1.807) is 6.20 Å². The first-order chi connectivity index (χ1) is 10.2. The SMILES string of the molecule is CC1(C(=O)Nc2ccc(-c3ccn[nH]3)cc2)CCCCC1. The second-order valence-electron chi connectivity index (χ2n) is 6.12. The van der Waals surface area contributed by atoms with E-state index >= 15 is 0 Å². The highest BCUT2D eigenvalue weighted by Gasteiger charge is 2.34. The highest BCUT2D eigenvalue weighted by atomic mass is 16.2. The minimum Gasteiger partial charge on any atom is -0.326 e. The maximum Gasteiger partial charge on any atom is 0.230 e. The lowest BCUT2D eigenvalue weighted by atomic mass is 9.75. The molecule has 1 aliphatic carbocycles. The molecular formula is C17H21N3O. The van der Waals surface area contributed by atoms with Gasteiger partial charge in [0.15, 0.2) is 0 Å². The Morgan fingerprint density at radius 2 is 1.86 bits per heavy atom. The van der Waals surface area contributed by atoms with Gasteiger partial charge in [-0.05, 0) is 36.6 Å². The van der Waals surface area contributed by atoms with Gasteiger partial charge in [0.2, 0.25) is 5.91 Å². The second-order valence-corrected chi connectivity index (χ2v) is 6.12. The van der Waals surface area contributed by atoms with Gasteiger partial charge in [-0.3, -0.25) is 9.89 Å². The summed E-state index contributed by atoms with van der Waals surface area (Å²) in [5.74, 6) is 0.150. The monoisotopic (exact) mass is 283 g/mol. The largest absolute Gasteiger partial charge is 0.326 e. The Morgan fingerprint density at radius 3 is 2.48 bits per heavy atom. The summed E-state index contributed by atoms with van der Waals surface area (Å²) < 4.78 is 0. The molecule has 4 nitrogen and oxygen atoms in total. The Kier molecular flexibility index (Phi) is 3.78. The zero-order valence-electron chi connectivity index (χ0n) is 12.4. The van der Waals surface area contributed by atoms with Gasteiger partial charge in [-0.25, -0.2) is 0 Å². The highest BCUT2D eigenvalue weighted by Crippen LogP contribution is 2.36. The number of H-pyrrole nitrogens is 1. The van der Waals surface area contributed by atoms with Gasteiger partial charge in [0.25, 0.3) is 0 Å². The van der Waals surface area contributed by atoms with E-state index in [9.17, 15) is 4.79 Å². The number of aromatic amines is 1. The van der Waals surface area contributed by atoms with Crippen molar-refractivity contribution in [2.45, 2.75) is 39.0 Å². The molecule has 2 N–H and O–H groups in total. The summed E-state index contributed by atoms with van der Waals surface area (Å²) in [4.78, 5) is 12.5. The Labute approximate surface area is 125 Å². The number of amides is 1. The number of nitrogens with zero attached hydrogens (tertiary/aromatic N) is 1. The molecule has 3 rings (SSSR count). The van der Waals surface area contributed by atoms with Crippen LogP contribution >= 0.6 is 0 Å². The number of hydrogen-bond acceptors (Lipinski definition) is 2. The van der Waals surface area contributed by atoms with Gasteiger partial charge >= 0.3 is 0 Å². The Balaban J connectivity index is 1.69. The van der Waals surface area contributed by atoms with Gasteiger partial charge in [0.1, 0.15) is 0 Å². The van der Waals surface area contributed by atoms with Crippen LogP contribution in [0.2, 0.25) is 0 Å². The van der Waals surface area contributed by atoms with Crippen molar-refractivity contribution in [3.05, 3.63) is 36.5 Å². The number of hydrogen-bond donors (Lipinski definition) is 2. The van der Waals surface area contributed by atoms with Crippen LogP contribution in [0.3, 0.4) is 0 Å². The number of benzene rings is 1. The molecule has 0 unspecified atom stereocenters.